The lowest BCUT2D eigenvalue weighted by Crippen LogP contribution is -2.02. The van der Waals surface area contributed by atoms with Crippen LogP contribution in [0.25, 0.3) is 0 Å². The van der Waals surface area contributed by atoms with E-state index in [1.165, 1.54) is 64.2 Å². The summed E-state index contributed by atoms with van der Waals surface area (Å²) in [4.78, 5) is 10.2. The molecule has 0 aromatic rings. The Morgan fingerprint density at radius 1 is 0.739 bits per heavy atom. The standard InChI is InChI=1S/C12H24O2.C8H18O/c1-2-3-4-5-6-7-8-9-10-11-12(13)14;1-3-5-6-7-8(9)4-2/h2-11H2,1H3,(H,13,14);8-9H,3-7H2,1-2H3. The molecule has 1 unspecified atom stereocenters. The van der Waals surface area contributed by atoms with E-state index in [2.05, 4.69) is 13.8 Å². The second-order valence-corrected chi connectivity index (χ2v) is 6.53. The van der Waals surface area contributed by atoms with Crippen LogP contribution in [0.4, 0.5) is 0 Å². The molecular weight excluding hydrogens is 288 g/mol. The van der Waals surface area contributed by atoms with Crippen LogP contribution >= 0.6 is 0 Å². The van der Waals surface area contributed by atoms with E-state index in [0.717, 1.165) is 25.7 Å². The van der Waals surface area contributed by atoms with Crippen LogP contribution in [0.1, 0.15) is 117 Å². The lowest BCUT2D eigenvalue weighted by Gasteiger charge is -2.04. The Morgan fingerprint density at radius 2 is 1.17 bits per heavy atom. The molecule has 0 aliphatic heterocycles. The van der Waals surface area contributed by atoms with Crippen LogP contribution in [-0.2, 0) is 4.79 Å². The van der Waals surface area contributed by atoms with Crippen LogP contribution in [0, 0.1) is 0 Å². The van der Waals surface area contributed by atoms with Crippen molar-refractivity contribution in [2.75, 3.05) is 0 Å². The van der Waals surface area contributed by atoms with Gasteiger partial charge in [-0.05, 0) is 19.3 Å². The molecule has 0 amide bonds. The maximum absolute atomic E-state index is 10.2. The molecule has 0 saturated carbocycles. The first-order valence-electron chi connectivity index (χ1n) is 9.98. The molecule has 0 aliphatic carbocycles. The Hall–Kier alpha value is -0.570. The summed E-state index contributed by atoms with van der Waals surface area (Å²) in [5, 5.41) is 17.5. The summed E-state index contributed by atoms with van der Waals surface area (Å²) >= 11 is 0. The van der Waals surface area contributed by atoms with Crippen LogP contribution in [0.5, 0.6) is 0 Å². The number of carboxylic acid groups (broad SMARTS) is 1. The molecule has 2 N–H and O–H groups in total. The highest BCUT2D eigenvalue weighted by atomic mass is 16.4. The van der Waals surface area contributed by atoms with Crippen molar-refractivity contribution in [1.82, 2.24) is 0 Å². The molecule has 0 rings (SSSR count). The van der Waals surface area contributed by atoms with Crippen molar-refractivity contribution in [2.24, 2.45) is 0 Å². The van der Waals surface area contributed by atoms with Crippen LogP contribution in [-0.4, -0.2) is 22.3 Å². The number of hydrogen-bond donors (Lipinski definition) is 2. The van der Waals surface area contributed by atoms with Crippen LogP contribution in [0.3, 0.4) is 0 Å². The molecule has 140 valence electrons. The molecule has 0 bridgehead atoms. The zero-order valence-electron chi connectivity index (χ0n) is 16.0. The summed E-state index contributed by atoms with van der Waals surface area (Å²) in [7, 11) is 0. The minimum atomic E-state index is -0.659. The number of rotatable bonds is 15. The number of hydrogen-bond acceptors (Lipinski definition) is 2. The number of carboxylic acids is 1. The van der Waals surface area contributed by atoms with E-state index < -0.39 is 5.97 Å². The van der Waals surface area contributed by atoms with E-state index in [-0.39, 0.29) is 6.10 Å². The zero-order valence-corrected chi connectivity index (χ0v) is 16.0. The smallest absolute Gasteiger partial charge is 0.303 e. The van der Waals surface area contributed by atoms with Crippen molar-refractivity contribution < 1.29 is 15.0 Å². The van der Waals surface area contributed by atoms with Crippen molar-refractivity contribution in [3.8, 4) is 0 Å². The second-order valence-electron chi connectivity index (χ2n) is 6.53. The summed E-state index contributed by atoms with van der Waals surface area (Å²) in [6.45, 7) is 6.43. The number of unbranched alkanes of at least 4 members (excludes halogenated alkanes) is 10. The van der Waals surface area contributed by atoms with Gasteiger partial charge in [-0.1, -0.05) is 91.4 Å². The van der Waals surface area contributed by atoms with Crippen molar-refractivity contribution in [2.45, 2.75) is 123 Å². The highest BCUT2D eigenvalue weighted by molar-refractivity contribution is 5.66. The lowest BCUT2D eigenvalue weighted by molar-refractivity contribution is -0.137. The van der Waals surface area contributed by atoms with Crippen molar-refractivity contribution >= 4 is 5.97 Å². The average Bonchev–Trinajstić information content (AvgIpc) is 2.53. The normalized spacial score (nSPS) is 11.7. The summed E-state index contributed by atoms with van der Waals surface area (Å²) in [5.41, 5.74) is 0. The monoisotopic (exact) mass is 330 g/mol. The molecular formula is C20H42O3. The van der Waals surface area contributed by atoms with E-state index >= 15 is 0 Å². The number of carbonyl (C=O) groups is 1. The molecule has 0 fully saturated rings. The Bertz CT molecular complexity index is 229. The topological polar surface area (TPSA) is 57.5 Å². The third-order valence-electron chi connectivity index (χ3n) is 4.11. The average molecular weight is 331 g/mol. The van der Waals surface area contributed by atoms with Gasteiger partial charge in [-0.3, -0.25) is 4.79 Å². The third-order valence-corrected chi connectivity index (χ3v) is 4.11. The van der Waals surface area contributed by atoms with E-state index in [1.54, 1.807) is 0 Å². The molecule has 0 aromatic carbocycles. The van der Waals surface area contributed by atoms with Gasteiger partial charge in [0.1, 0.15) is 0 Å². The van der Waals surface area contributed by atoms with E-state index in [1.807, 2.05) is 6.92 Å². The highest BCUT2D eigenvalue weighted by Gasteiger charge is 1.98. The maximum atomic E-state index is 10.2. The fourth-order valence-corrected chi connectivity index (χ4v) is 2.42. The zero-order chi connectivity index (χ0) is 17.8. The number of aliphatic carboxylic acids is 1. The van der Waals surface area contributed by atoms with Gasteiger partial charge in [-0.2, -0.15) is 0 Å². The van der Waals surface area contributed by atoms with Crippen LogP contribution in [0.15, 0.2) is 0 Å². The van der Waals surface area contributed by atoms with Crippen molar-refractivity contribution in [3.05, 3.63) is 0 Å². The van der Waals surface area contributed by atoms with Gasteiger partial charge in [0.25, 0.3) is 0 Å². The summed E-state index contributed by atoms with van der Waals surface area (Å²) < 4.78 is 0. The number of aliphatic hydroxyl groups excluding tert-OH is 1. The number of aliphatic hydroxyl groups is 1. The van der Waals surface area contributed by atoms with Crippen LogP contribution < -0.4 is 0 Å². The minimum absolute atomic E-state index is 0.0449. The fourth-order valence-electron chi connectivity index (χ4n) is 2.42. The Kier molecular flexibility index (Phi) is 23.0. The van der Waals surface area contributed by atoms with E-state index in [4.69, 9.17) is 10.2 Å². The highest BCUT2D eigenvalue weighted by Crippen LogP contribution is 2.10. The van der Waals surface area contributed by atoms with Gasteiger partial charge in [-0.15, -0.1) is 0 Å². The fraction of sp³-hybridized carbons (Fsp3) is 0.950. The first kappa shape index (κ1) is 24.7. The summed E-state index contributed by atoms with van der Waals surface area (Å²) in [5.74, 6) is -0.659. The largest absolute Gasteiger partial charge is 0.481 e. The molecule has 0 saturated heterocycles. The van der Waals surface area contributed by atoms with Crippen LogP contribution in [0.2, 0.25) is 0 Å². The van der Waals surface area contributed by atoms with Gasteiger partial charge in [-0.25, -0.2) is 0 Å². The lowest BCUT2D eigenvalue weighted by atomic mass is 10.1. The predicted octanol–water partition coefficient (Wildman–Crippen LogP) is 6.33. The molecule has 0 radical (unpaired) electrons. The molecule has 0 aromatic heterocycles. The molecule has 0 heterocycles. The minimum Gasteiger partial charge on any atom is -0.481 e. The summed E-state index contributed by atoms with van der Waals surface area (Å²) in [6, 6.07) is 0. The Balaban J connectivity index is 0. The van der Waals surface area contributed by atoms with Crippen molar-refractivity contribution in [1.29, 1.82) is 0 Å². The summed E-state index contributed by atoms with van der Waals surface area (Å²) in [6.07, 6.45) is 17.0. The van der Waals surface area contributed by atoms with Gasteiger partial charge in [0.2, 0.25) is 0 Å². The van der Waals surface area contributed by atoms with Gasteiger partial charge >= 0.3 is 5.97 Å². The first-order chi connectivity index (χ1) is 11.1. The second kappa shape index (κ2) is 21.4. The van der Waals surface area contributed by atoms with Gasteiger partial charge in [0.15, 0.2) is 0 Å². The quantitative estimate of drug-likeness (QED) is 0.345. The van der Waals surface area contributed by atoms with Gasteiger partial charge in [0.05, 0.1) is 6.10 Å². The van der Waals surface area contributed by atoms with Gasteiger partial charge < -0.3 is 10.2 Å². The Labute approximate surface area is 144 Å². The molecule has 3 nitrogen and oxygen atoms in total. The molecule has 0 spiro atoms. The van der Waals surface area contributed by atoms with E-state index in [0.29, 0.717) is 6.42 Å². The third kappa shape index (κ3) is 26.6. The SMILES string of the molecule is CCCCCC(O)CC.CCCCCCCCCCCC(=O)O. The molecule has 3 heteroatoms. The van der Waals surface area contributed by atoms with Gasteiger partial charge in [0, 0.05) is 6.42 Å². The molecule has 0 aliphatic rings. The predicted molar refractivity (Wildman–Crippen MR) is 99.9 cm³/mol. The van der Waals surface area contributed by atoms with Crippen molar-refractivity contribution in [3.63, 3.8) is 0 Å². The first-order valence-corrected chi connectivity index (χ1v) is 9.98. The van der Waals surface area contributed by atoms with E-state index in [9.17, 15) is 4.79 Å². The maximum Gasteiger partial charge on any atom is 0.303 e. The molecule has 23 heavy (non-hydrogen) atoms. The Morgan fingerprint density at radius 3 is 1.61 bits per heavy atom. The molecule has 1 atom stereocenters.